The second kappa shape index (κ2) is 7.28. The summed E-state index contributed by atoms with van der Waals surface area (Å²) in [5.74, 6) is 0.351. The molecule has 0 unspecified atom stereocenters. The number of aliphatic imine (C=N–C) groups is 1. The van der Waals surface area contributed by atoms with Gasteiger partial charge in [0.2, 0.25) is 5.13 Å². The number of carbonyl (C=O) groups is 1. The molecule has 2 aromatic rings. The monoisotopic (exact) mass is 375 g/mol. The number of aromatic hydroxyl groups is 1. The summed E-state index contributed by atoms with van der Waals surface area (Å²) in [6, 6.07) is 5.00. The van der Waals surface area contributed by atoms with Crippen LogP contribution in [0.15, 0.2) is 33.5 Å². The lowest BCUT2D eigenvalue weighted by atomic mass is 10.2. The van der Waals surface area contributed by atoms with Crippen LogP contribution in [0.3, 0.4) is 0 Å². The van der Waals surface area contributed by atoms with E-state index in [1.807, 2.05) is 19.2 Å². The van der Waals surface area contributed by atoms with Crippen LogP contribution in [0.4, 0.5) is 5.13 Å². The van der Waals surface area contributed by atoms with Crippen molar-refractivity contribution in [1.82, 2.24) is 9.88 Å². The first-order chi connectivity index (χ1) is 12.0. The second-order valence-electron chi connectivity index (χ2n) is 5.30. The van der Waals surface area contributed by atoms with Crippen molar-refractivity contribution in [2.24, 2.45) is 4.99 Å². The summed E-state index contributed by atoms with van der Waals surface area (Å²) in [5.41, 5.74) is 1.68. The molecule has 0 bridgehead atoms. The van der Waals surface area contributed by atoms with Crippen molar-refractivity contribution in [2.45, 2.75) is 13.8 Å². The largest absolute Gasteiger partial charge is 0.504 e. The van der Waals surface area contributed by atoms with E-state index < -0.39 is 0 Å². The van der Waals surface area contributed by atoms with E-state index in [0.717, 1.165) is 11.3 Å². The summed E-state index contributed by atoms with van der Waals surface area (Å²) in [7, 11) is 1.69. The number of benzene rings is 1. The van der Waals surface area contributed by atoms with E-state index in [2.05, 4.69) is 9.98 Å². The van der Waals surface area contributed by atoms with Crippen molar-refractivity contribution in [1.29, 1.82) is 0 Å². The van der Waals surface area contributed by atoms with Gasteiger partial charge < -0.3 is 9.84 Å². The van der Waals surface area contributed by atoms with Gasteiger partial charge in [0.05, 0.1) is 17.2 Å². The zero-order valence-corrected chi connectivity index (χ0v) is 15.6. The van der Waals surface area contributed by atoms with Crippen molar-refractivity contribution < 1.29 is 14.6 Å². The minimum Gasteiger partial charge on any atom is -0.504 e. The third kappa shape index (κ3) is 3.85. The number of carbonyl (C=O) groups excluding carboxylic acids is 1. The number of hydrogen-bond acceptors (Lipinski definition) is 7. The molecule has 0 radical (unpaired) electrons. The normalized spacial score (nSPS) is 17.7. The maximum absolute atomic E-state index is 12.5. The Kier molecular flexibility index (Phi) is 5.10. The maximum atomic E-state index is 12.5. The zero-order valence-electron chi connectivity index (χ0n) is 14.0. The predicted octanol–water partition coefficient (Wildman–Crippen LogP) is 3.79. The van der Waals surface area contributed by atoms with E-state index >= 15 is 0 Å². The van der Waals surface area contributed by atoms with Crippen LogP contribution < -0.4 is 4.74 Å². The molecule has 0 spiro atoms. The summed E-state index contributed by atoms with van der Waals surface area (Å²) < 4.78 is 5.38. The van der Waals surface area contributed by atoms with E-state index in [-0.39, 0.29) is 11.7 Å². The fourth-order valence-electron chi connectivity index (χ4n) is 2.17. The summed E-state index contributed by atoms with van der Waals surface area (Å²) in [6.07, 6.45) is 1.76. The number of thiazole rings is 1. The van der Waals surface area contributed by atoms with Gasteiger partial charge in [-0.05, 0) is 49.4 Å². The number of rotatable bonds is 4. The summed E-state index contributed by atoms with van der Waals surface area (Å²) >= 11 is 2.74. The Labute approximate surface area is 153 Å². The van der Waals surface area contributed by atoms with Gasteiger partial charge in [-0.1, -0.05) is 6.07 Å². The van der Waals surface area contributed by atoms with E-state index in [4.69, 9.17) is 4.74 Å². The molecule has 1 fully saturated rings. The minimum atomic E-state index is -0.122. The van der Waals surface area contributed by atoms with Gasteiger partial charge in [0.1, 0.15) is 0 Å². The van der Waals surface area contributed by atoms with E-state index in [1.165, 1.54) is 28.0 Å². The van der Waals surface area contributed by atoms with Crippen LogP contribution in [-0.2, 0) is 4.79 Å². The molecule has 8 heteroatoms. The Bertz CT molecular complexity index is 874. The van der Waals surface area contributed by atoms with Gasteiger partial charge in [-0.25, -0.2) is 4.98 Å². The van der Waals surface area contributed by atoms with E-state index in [1.54, 1.807) is 31.3 Å². The first-order valence-electron chi connectivity index (χ1n) is 7.62. The molecule has 1 aromatic heterocycles. The van der Waals surface area contributed by atoms with Crippen LogP contribution in [-0.4, -0.2) is 39.7 Å². The van der Waals surface area contributed by atoms with Gasteiger partial charge in [-0.2, -0.15) is 4.99 Å². The molecule has 6 nitrogen and oxygen atoms in total. The molecule has 2 heterocycles. The molecule has 0 saturated carbocycles. The third-order valence-corrected chi connectivity index (χ3v) is 5.30. The molecule has 1 N–H and O–H groups in total. The smallest absolute Gasteiger partial charge is 0.266 e. The molecular weight excluding hydrogens is 358 g/mol. The van der Waals surface area contributed by atoms with Gasteiger partial charge >= 0.3 is 0 Å². The molecule has 1 aromatic carbocycles. The highest BCUT2D eigenvalue weighted by Crippen LogP contribution is 2.35. The average molecular weight is 375 g/mol. The number of amidine groups is 1. The van der Waals surface area contributed by atoms with Gasteiger partial charge in [0.15, 0.2) is 16.7 Å². The molecule has 0 atom stereocenters. The van der Waals surface area contributed by atoms with E-state index in [9.17, 15) is 9.90 Å². The number of amides is 1. The summed E-state index contributed by atoms with van der Waals surface area (Å²) in [5, 5.41) is 12.9. The van der Waals surface area contributed by atoms with Crippen molar-refractivity contribution in [3.63, 3.8) is 0 Å². The van der Waals surface area contributed by atoms with Crippen LogP contribution in [0, 0.1) is 6.92 Å². The fraction of sp³-hybridized carbons (Fsp3) is 0.235. The number of nitrogens with zero attached hydrogens (tertiary/aromatic N) is 3. The Hall–Kier alpha value is -2.32. The Morgan fingerprint density at radius 3 is 2.92 bits per heavy atom. The molecule has 0 aliphatic carbocycles. The quantitative estimate of drug-likeness (QED) is 0.823. The van der Waals surface area contributed by atoms with Crippen molar-refractivity contribution in [3.8, 4) is 11.5 Å². The number of aromatic nitrogens is 1. The lowest BCUT2D eigenvalue weighted by Gasteiger charge is -2.07. The molecule has 25 heavy (non-hydrogen) atoms. The SMILES string of the molecule is CCOc1cc(/C=C2\S/C(=N/c3nc(C)cs3)N(C)C2=O)ccc1O. The molecule has 130 valence electrons. The van der Waals surface area contributed by atoms with Gasteiger partial charge in [-0.15, -0.1) is 11.3 Å². The molecular formula is C17H17N3O3S2. The van der Waals surface area contributed by atoms with E-state index in [0.29, 0.717) is 27.6 Å². The van der Waals surface area contributed by atoms with Crippen molar-refractivity contribution in [2.75, 3.05) is 13.7 Å². The Balaban J connectivity index is 1.88. The van der Waals surface area contributed by atoms with Crippen LogP contribution in [0.2, 0.25) is 0 Å². The summed E-state index contributed by atoms with van der Waals surface area (Å²) in [4.78, 5) is 23.3. The first-order valence-corrected chi connectivity index (χ1v) is 9.31. The lowest BCUT2D eigenvalue weighted by Crippen LogP contribution is -2.23. The topological polar surface area (TPSA) is 75.0 Å². The standard InChI is InChI=1S/C17H17N3O3S2/c1-4-23-13-7-11(5-6-12(13)21)8-14-15(22)20(3)17(25-14)19-16-18-10(2)9-24-16/h5-9,21H,4H2,1-3H3/b14-8-,19-17+. The highest BCUT2D eigenvalue weighted by Gasteiger charge is 2.30. The number of ether oxygens (including phenoxy) is 1. The van der Waals surface area contributed by atoms with Gasteiger partial charge in [-0.3, -0.25) is 9.69 Å². The number of hydrogen-bond donors (Lipinski definition) is 1. The van der Waals surface area contributed by atoms with Crippen molar-refractivity contribution >= 4 is 45.4 Å². The zero-order chi connectivity index (χ0) is 18.0. The Morgan fingerprint density at radius 1 is 1.44 bits per heavy atom. The van der Waals surface area contributed by atoms with Crippen molar-refractivity contribution in [3.05, 3.63) is 39.7 Å². The highest BCUT2D eigenvalue weighted by atomic mass is 32.2. The third-order valence-electron chi connectivity index (χ3n) is 3.38. The number of phenols is 1. The highest BCUT2D eigenvalue weighted by molar-refractivity contribution is 8.18. The fourth-order valence-corrected chi connectivity index (χ4v) is 3.86. The average Bonchev–Trinajstić information content (AvgIpc) is 3.10. The number of likely N-dealkylation sites (N-methyl/N-ethyl adjacent to an activating group) is 1. The molecule has 1 amide bonds. The second-order valence-corrected chi connectivity index (χ2v) is 7.15. The first kappa shape index (κ1) is 17.5. The predicted molar refractivity (Wildman–Crippen MR) is 102 cm³/mol. The molecule has 1 aliphatic rings. The minimum absolute atomic E-state index is 0.0768. The van der Waals surface area contributed by atoms with Gasteiger partial charge in [0.25, 0.3) is 5.91 Å². The summed E-state index contributed by atoms with van der Waals surface area (Å²) in [6.45, 7) is 4.20. The number of phenolic OH excluding ortho intramolecular Hbond substituents is 1. The molecule has 3 rings (SSSR count). The molecule has 1 saturated heterocycles. The van der Waals surface area contributed by atoms with Crippen LogP contribution in [0.5, 0.6) is 11.5 Å². The van der Waals surface area contributed by atoms with Crippen LogP contribution >= 0.6 is 23.1 Å². The van der Waals surface area contributed by atoms with Gasteiger partial charge in [0, 0.05) is 12.4 Å². The van der Waals surface area contributed by atoms with Crippen LogP contribution in [0.1, 0.15) is 18.2 Å². The van der Waals surface area contributed by atoms with Crippen LogP contribution in [0.25, 0.3) is 6.08 Å². The lowest BCUT2D eigenvalue weighted by molar-refractivity contribution is -0.121. The molecule has 1 aliphatic heterocycles. The number of aryl methyl sites for hydroxylation is 1. The number of thioether (sulfide) groups is 1. The maximum Gasteiger partial charge on any atom is 0.266 e. The Morgan fingerprint density at radius 2 is 2.24 bits per heavy atom.